The lowest BCUT2D eigenvalue weighted by Gasteiger charge is -2.27. The monoisotopic (exact) mass is 421 g/mol. The summed E-state index contributed by atoms with van der Waals surface area (Å²) in [6.45, 7) is 3.18. The lowest BCUT2D eigenvalue weighted by Crippen LogP contribution is -2.31. The molecule has 7 nitrogen and oxygen atoms in total. The molecule has 0 fully saturated rings. The van der Waals surface area contributed by atoms with Crippen molar-refractivity contribution in [1.29, 1.82) is 0 Å². The topological polar surface area (TPSA) is 76.7 Å². The van der Waals surface area contributed by atoms with Gasteiger partial charge >= 0.3 is 0 Å². The highest BCUT2D eigenvalue weighted by molar-refractivity contribution is 6.00. The third-order valence-corrected chi connectivity index (χ3v) is 5.67. The average Bonchev–Trinajstić information content (AvgIpc) is 3.33. The molecule has 4 rings (SSSR count). The molecule has 1 aliphatic rings. The predicted octanol–water partition coefficient (Wildman–Crippen LogP) is 3.98. The van der Waals surface area contributed by atoms with Gasteiger partial charge in [-0.3, -0.25) is 9.89 Å². The van der Waals surface area contributed by atoms with Crippen LogP contribution in [0.4, 0.5) is 0 Å². The summed E-state index contributed by atoms with van der Waals surface area (Å²) in [5.74, 6) is 1.29. The minimum Gasteiger partial charge on any atom is -0.497 e. The molecule has 1 N–H and O–H groups in total. The molecule has 0 bridgehead atoms. The molecule has 0 spiro atoms. The Kier molecular flexibility index (Phi) is 5.95. The van der Waals surface area contributed by atoms with Gasteiger partial charge in [-0.05, 0) is 25.5 Å². The zero-order valence-electron chi connectivity index (χ0n) is 18.3. The van der Waals surface area contributed by atoms with E-state index in [1.54, 1.807) is 21.3 Å². The number of hydrogen-bond acceptors (Lipinski definition) is 5. The third kappa shape index (κ3) is 3.77. The molecule has 2 aromatic carbocycles. The van der Waals surface area contributed by atoms with E-state index in [4.69, 9.17) is 14.2 Å². The maximum Gasteiger partial charge on any atom is 0.273 e. The van der Waals surface area contributed by atoms with E-state index in [0.29, 0.717) is 30.3 Å². The Morgan fingerprint density at radius 2 is 1.84 bits per heavy atom. The van der Waals surface area contributed by atoms with Crippen molar-refractivity contribution >= 4 is 5.91 Å². The van der Waals surface area contributed by atoms with Crippen LogP contribution in [0.2, 0.25) is 0 Å². The Labute approximate surface area is 181 Å². The SMILES string of the molecule is COCCCN1C(=O)c2[nH]nc(-c3ccc(C)cc3)c2C1c1ccc(OC)cc1OC. The number of hydrogen-bond donors (Lipinski definition) is 1. The number of aromatic nitrogens is 2. The zero-order chi connectivity index (χ0) is 22.0. The number of nitrogens with zero attached hydrogens (tertiary/aromatic N) is 2. The lowest BCUT2D eigenvalue weighted by molar-refractivity contribution is 0.0722. The molecule has 31 heavy (non-hydrogen) atoms. The summed E-state index contributed by atoms with van der Waals surface area (Å²) in [6, 6.07) is 13.5. The summed E-state index contributed by atoms with van der Waals surface area (Å²) < 4.78 is 16.3. The van der Waals surface area contributed by atoms with Crippen LogP contribution in [0.5, 0.6) is 11.5 Å². The van der Waals surface area contributed by atoms with Crippen molar-refractivity contribution < 1.29 is 19.0 Å². The minimum atomic E-state index is -0.324. The van der Waals surface area contributed by atoms with Crippen molar-refractivity contribution in [3.63, 3.8) is 0 Å². The Balaban J connectivity index is 1.86. The normalized spacial score (nSPS) is 15.3. The Morgan fingerprint density at radius 1 is 1.06 bits per heavy atom. The van der Waals surface area contributed by atoms with Gasteiger partial charge in [0, 0.05) is 43.0 Å². The molecule has 0 radical (unpaired) electrons. The summed E-state index contributed by atoms with van der Waals surface area (Å²) in [5, 5.41) is 7.51. The van der Waals surface area contributed by atoms with Crippen LogP contribution in [0.3, 0.4) is 0 Å². The van der Waals surface area contributed by atoms with Crippen LogP contribution < -0.4 is 9.47 Å². The van der Waals surface area contributed by atoms with Crippen LogP contribution in [0.1, 0.15) is 39.6 Å². The van der Waals surface area contributed by atoms with Gasteiger partial charge in [-0.15, -0.1) is 0 Å². The van der Waals surface area contributed by atoms with Gasteiger partial charge in [-0.1, -0.05) is 29.8 Å². The summed E-state index contributed by atoms with van der Waals surface area (Å²) in [7, 11) is 4.91. The second-order valence-electron chi connectivity index (χ2n) is 7.58. The number of ether oxygens (including phenoxy) is 3. The van der Waals surface area contributed by atoms with Crippen LogP contribution in [0.25, 0.3) is 11.3 Å². The second-order valence-corrected chi connectivity index (χ2v) is 7.58. The second kappa shape index (κ2) is 8.81. The van der Waals surface area contributed by atoms with Crippen LogP contribution in [-0.2, 0) is 4.74 Å². The standard InChI is InChI=1S/C24H27N3O4/c1-15-6-8-16(9-7-15)21-20-22(26-25-21)24(28)27(12-5-13-29-2)23(20)18-11-10-17(30-3)14-19(18)31-4/h6-11,14,23H,5,12-13H2,1-4H3,(H,25,26). The smallest absolute Gasteiger partial charge is 0.273 e. The molecule has 3 aromatic rings. The molecule has 1 aromatic heterocycles. The summed E-state index contributed by atoms with van der Waals surface area (Å²) in [5.41, 5.74) is 5.20. The Morgan fingerprint density at radius 3 is 2.52 bits per heavy atom. The van der Waals surface area contributed by atoms with E-state index in [9.17, 15) is 4.79 Å². The van der Waals surface area contributed by atoms with Crippen LogP contribution in [0, 0.1) is 6.92 Å². The average molecular weight is 421 g/mol. The van der Waals surface area contributed by atoms with E-state index in [1.807, 2.05) is 54.3 Å². The summed E-state index contributed by atoms with van der Waals surface area (Å²) >= 11 is 0. The van der Waals surface area contributed by atoms with Gasteiger partial charge in [0.25, 0.3) is 5.91 Å². The number of rotatable bonds is 8. The van der Waals surface area contributed by atoms with E-state index in [-0.39, 0.29) is 11.9 Å². The molecule has 0 aliphatic carbocycles. The Hall–Kier alpha value is -3.32. The van der Waals surface area contributed by atoms with E-state index >= 15 is 0 Å². The summed E-state index contributed by atoms with van der Waals surface area (Å²) in [6.07, 6.45) is 0.731. The van der Waals surface area contributed by atoms with Crippen molar-refractivity contribution in [2.24, 2.45) is 0 Å². The maximum absolute atomic E-state index is 13.3. The molecule has 0 saturated carbocycles. The lowest BCUT2D eigenvalue weighted by atomic mass is 9.95. The number of methoxy groups -OCH3 is 3. The van der Waals surface area contributed by atoms with E-state index < -0.39 is 0 Å². The molecule has 1 aliphatic heterocycles. The zero-order valence-corrected chi connectivity index (χ0v) is 18.3. The molecule has 162 valence electrons. The number of fused-ring (bicyclic) bond motifs is 1. The van der Waals surface area contributed by atoms with Gasteiger partial charge in [0.2, 0.25) is 0 Å². The quantitative estimate of drug-likeness (QED) is 0.557. The van der Waals surface area contributed by atoms with Crippen molar-refractivity contribution in [3.8, 4) is 22.8 Å². The first kappa shape index (κ1) is 20.9. The van der Waals surface area contributed by atoms with Crippen molar-refractivity contribution in [3.05, 3.63) is 64.8 Å². The number of carbonyl (C=O) groups is 1. The van der Waals surface area contributed by atoms with Crippen molar-refractivity contribution in [2.75, 3.05) is 34.5 Å². The van der Waals surface area contributed by atoms with Crippen LogP contribution in [0.15, 0.2) is 42.5 Å². The van der Waals surface area contributed by atoms with Gasteiger partial charge in [0.05, 0.1) is 26.0 Å². The largest absolute Gasteiger partial charge is 0.497 e. The summed E-state index contributed by atoms with van der Waals surface area (Å²) in [4.78, 5) is 15.2. The molecule has 0 saturated heterocycles. The molecule has 1 atom stereocenters. The van der Waals surface area contributed by atoms with Crippen molar-refractivity contribution in [2.45, 2.75) is 19.4 Å². The molecule has 1 amide bonds. The van der Waals surface area contributed by atoms with Crippen LogP contribution >= 0.6 is 0 Å². The van der Waals surface area contributed by atoms with Crippen molar-refractivity contribution in [1.82, 2.24) is 15.1 Å². The first-order valence-corrected chi connectivity index (χ1v) is 10.3. The fourth-order valence-electron chi connectivity index (χ4n) is 4.11. The fourth-order valence-corrected chi connectivity index (χ4v) is 4.11. The van der Waals surface area contributed by atoms with E-state index in [2.05, 4.69) is 10.2 Å². The number of carbonyl (C=O) groups excluding carboxylic acids is 1. The van der Waals surface area contributed by atoms with E-state index in [1.165, 1.54) is 5.56 Å². The number of benzene rings is 2. The molecular weight excluding hydrogens is 394 g/mol. The highest BCUT2D eigenvalue weighted by Gasteiger charge is 2.43. The molecular formula is C24H27N3O4. The maximum atomic E-state index is 13.3. The van der Waals surface area contributed by atoms with Gasteiger partial charge in [0.15, 0.2) is 0 Å². The number of aryl methyl sites for hydroxylation is 1. The highest BCUT2D eigenvalue weighted by Crippen LogP contribution is 2.46. The van der Waals surface area contributed by atoms with Gasteiger partial charge in [-0.25, -0.2) is 0 Å². The Bertz CT molecular complexity index is 1070. The molecule has 1 unspecified atom stereocenters. The predicted molar refractivity (Wildman–Crippen MR) is 118 cm³/mol. The first-order valence-electron chi connectivity index (χ1n) is 10.3. The number of amides is 1. The van der Waals surface area contributed by atoms with Gasteiger partial charge in [-0.2, -0.15) is 5.10 Å². The van der Waals surface area contributed by atoms with Crippen LogP contribution in [-0.4, -0.2) is 55.5 Å². The fraction of sp³-hybridized carbons (Fsp3) is 0.333. The highest BCUT2D eigenvalue weighted by atomic mass is 16.5. The minimum absolute atomic E-state index is 0.0696. The van der Waals surface area contributed by atoms with E-state index in [0.717, 1.165) is 28.8 Å². The number of H-pyrrole nitrogens is 1. The first-order chi connectivity index (χ1) is 15.1. The number of aromatic amines is 1. The third-order valence-electron chi connectivity index (χ3n) is 5.67. The van der Waals surface area contributed by atoms with Gasteiger partial charge in [0.1, 0.15) is 17.2 Å². The molecule has 7 heteroatoms. The van der Waals surface area contributed by atoms with Gasteiger partial charge < -0.3 is 19.1 Å². The number of nitrogens with one attached hydrogen (secondary N) is 1. The molecule has 2 heterocycles.